The number of phenols is 1. The molecule has 1 amide bonds. The lowest BCUT2D eigenvalue weighted by Gasteiger charge is -1.93. The topological polar surface area (TPSA) is 75.3 Å². The summed E-state index contributed by atoms with van der Waals surface area (Å²) in [7, 11) is 0. The van der Waals surface area contributed by atoms with Crippen LogP contribution >= 0.6 is 0 Å². The van der Waals surface area contributed by atoms with Crippen molar-refractivity contribution in [2.45, 2.75) is 0 Å². The number of nitrogens with two attached hydrogens (primary N) is 1. The average molecular weight is 178 g/mol. The fourth-order valence-electron chi connectivity index (χ4n) is 0.805. The van der Waals surface area contributed by atoms with Gasteiger partial charge in [0.25, 0.3) is 5.91 Å². The first-order chi connectivity index (χ1) is 6.22. The van der Waals surface area contributed by atoms with Gasteiger partial charge < -0.3 is 5.11 Å². The lowest BCUT2D eigenvalue weighted by molar-refractivity contribution is -0.116. The first-order valence-corrected chi connectivity index (χ1v) is 3.70. The SMILES string of the molecule is NNC(=O)C=Cc1ccc(O)cc1. The van der Waals surface area contributed by atoms with Gasteiger partial charge in [0.2, 0.25) is 0 Å². The van der Waals surface area contributed by atoms with Crippen LogP contribution in [0.2, 0.25) is 0 Å². The molecule has 0 bridgehead atoms. The third-order valence-electron chi connectivity index (χ3n) is 1.46. The molecule has 13 heavy (non-hydrogen) atoms. The van der Waals surface area contributed by atoms with Crippen molar-refractivity contribution < 1.29 is 9.90 Å². The summed E-state index contributed by atoms with van der Waals surface area (Å²) in [6.07, 6.45) is 2.91. The van der Waals surface area contributed by atoms with Crippen molar-refractivity contribution in [3.05, 3.63) is 35.9 Å². The van der Waals surface area contributed by atoms with Crippen LogP contribution < -0.4 is 11.3 Å². The number of phenolic OH excluding ortho intramolecular Hbond substituents is 1. The smallest absolute Gasteiger partial charge is 0.257 e. The zero-order chi connectivity index (χ0) is 9.68. The Bertz CT molecular complexity index is 317. The molecule has 0 unspecified atom stereocenters. The first kappa shape index (κ1) is 9.28. The molecular weight excluding hydrogens is 168 g/mol. The van der Waals surface area contributed by atoms with Crippen LogP contribution in [0.1, 0.15) is 5.56 Å². The number of hydrogen-bond donors (Lipinski definition) is 3. The number of benzene rings is 1. The van der Waals surface area contributed by atoms with Gasteiger partial charge in [-0.25, -0.2) is 5.84 Å². The van der Waals surface area contributed by atoms with Crippen molar-refractivity contribution in [3.63, 3.8) is 0 Å². The van der Waals surface area contributed by atoms with E-state index in [1.165, 1.54) is 6.08 Å². The van der Waals surface area contributed by atoms with Gasteiger partial charge in [0, 0.05) is 6.08 Å². The summed E-state index contributed by atoms with van der Waals surface area (Å²) in [6.45, 7) is 0. The molecule has 1 aromatic rings. The van der Waals surface area contributed by atoms with Gasteiger partial charge in [0.15, 0.2) is 0 Å². The van der Waals surface area contributed by atoms with Gasteiger partial charge in [0.1, 0.15) is 5.75 Å². The van der Waals surface area contributed by atoms with Crippen LogP contribution in [-0.2, 0) is 4.79 Å². The molecule has 0 aliphatic rings. The van der Waals surface area contributed by atoms with Gasteiger partial charge in [0.05, 0.1) is 0 Å². The first-order valence-electron chi connectivity index (χ1n) is 3.70. The highest BCUT2D eigenvalue weighted by atomic mass is 16.3. The third-order valence-corrected chi connectivity index (χ3v) is 1.46. The van der Waals surface area contributed by atoms with Gasteiger partial charge in [-0.15, -0.1) is 0 Å². The summed E-state index contributed by atoms with van der Waals surface area (Å²) in [5.74, 6) is 4.70. The molecular formula is C9H10N2O2. The zero-order valence-electron chi connectivity index (χ0n) is 6.90. The molecule has 0 atom stereocenters. The molecule has 4 nitrogen and oxygen atoms in total. The molecule has 4 N–H and O–H groups in total. The molecule has 0 saturated carbocycles. The minimum Gasteiger partial charge on any atom is -0.508 e. The van der Waals surface area contributed by atoms with E-state index in [1.54, 1.807) is 30.3 Å². The summed E-state index contributed by atoms with van der Waals surface area (Å²) >= 11 is 0. The van der Waals surface area contributed by atoms with E-state index in [-0.39, 0.29) is 11.7 Å². The summed E-state index contributed by atoms with van der Waals surface area (Å²) in [5, 5.41) is 8.96. The van der Waals surface area contributed by atoms with E-state index in [1.807, 2.05) is 5.43 Å². The second-order valence-electron chi connectivity index (χ2n) is 2.43. The summed E-state index contributed by atoms with van der Waals surface area (Å²) in [5.41, 5.74) is 2.79. The molecule has 4 heteroatoms. The van der Waals surface area contributed by atoms with E-state index in [4.69, 9.17) is 10.9 Å². The monoisotopic (exact) mass is 178 g/mol. The van der Waals surface area contributed by atoms with Crippen LogP contribution in [0.25, 0.3) is 6.08 Å². The lowest BCUT2D eigenvalue weighted by atomic mass is 10.2. The molecule has 1 aromatic carbocycles. The fourth-order valence-corrected chi connectivity index (χ4v) is 0.805. The Labute approximate surface area is 75.7 Å². The minimum absolute atomic E-state index is 0.195. The van der Waals surface area contributed by atoms with Gasteiger partial charge in [-0.3, -0.25) is 10.2 Å². The Balaban J connectivity index is 2.69. The van der Waals surface area contributed by atoms with Crippen molar-refractivity contribution >= 4 is 12.0 Å². The number of hydrazine groups is 1. The van der Waals surface area contributed by atoms with E-state index in [9.17, 15) is 4.79 Å². The van der Waals surface area contributed by atoms with Crippen molar-refractivity contribution in [2.75, 3.05) is 0 Å². The Kier molecular flexibility index (Phi) is 3.05. The third kappa shape index (κ3) is 2.96. The Morgan fingerprint density at radius 1 is 1.38 bits per heavy atom. The van der Waals surface area contributed by atoms with Gasteiger partial charge in [-0.1, -0.05) is 12.1 Å². The molecule has 0 fully saturated rings. The second kappa shape index (κ2) is 4.27. The van der Waals surface area contributed by atoms with Crippen molar-refractivity contribution in [1.82, 2.24) is 5.43 Å². The molecule has 68 valence electrons. The number of amides is 1. The summed E-state index contributed by atoms with van der Waals surface area (Å²) in [6, 6.07) is 6.46. The maximum Gasteiger partial charge on any atom is 0.257 e. The Hall–Kier alpha value is -1.81. The van der Waals surface area contributed by atoms with E-state index in [0.717, 1.165) is 5.56 Å². The van der Waals surface area contributed by atoms with Gasteiger partial charge in [-0.2, -0.15) is 0 Å². The van der Waals surface area contributed by atoms with E-state index in [2.05, 4.69) is 0 Å². The van der Waals surface area contributed by atoms with E-state index >= 15 is 0 Å². The minimum atomic E-state index is -0.368. The Morgan fingerprint density at radius 2 is 2.00 bits per heavy atom. The van der Waals surface area contributed by atoms with Crippen molar-refractivity contribution in [1.29, 1.82) is 0 Å². The standard InChI is InChI=1S/C9H10N2O2/c10-11-9(13)6-3-7-1-4-8(12)5-2-7/h1-6,12H,10H2,(H,11,13). The molecule has 0 aliphatic heterocycles. The molecule has 0 saturated heterocycles. The quantitative estimate of drug-likeness (QED) is 0.265. The average Bonchev–Trinajstić information content (AvgIpc) is 2.16. The highest BCUT2D eigenvalue weighted by Gasteiger charge is 1.90. The molecule has 0 aliphatic carbocycles. The summed E-state index contributed by atoms with van der Waals surface area (Å²) in [4.78, 5) is 10.7. The van der Waals surface area contributed by atoms with Crippen LogP contribution in [-0.4, -0.2) is 11.0 Å². The number of carbonyl (C=O) groups excluding carboxylic acids is 1. The van der Waals surface area contributed by atoms with Crippen LogP contribution in [0.15, 0.2) is 30.3 Å². The predicted octanol–water partition coefficient (Wildman–Crippen LogP) is 0.395. The van der Waals surface area contributed by atoms with Crippen LogP contribution in [0.4, 0.5) is 0 Å². The molecule has 1 rings (SSSR count). The zero-order valence-corrected chi connectivity index (χ0v) is 6.90. The summed E-state index contributed by atoms with van der Waals surface area (Å²) < 4.78 is 0. The van der Waals surface area contributed by atoms with Crippen molar-refractivity contribution in [3.8, 4) is 5.75 Å². The Morgan fingerprint density at radius 3 is 2.54 bits per heavy atom. The van der Waals surface area contributed by atoms with Gasteiger partial charge in [-0.05, 0) is 23.8 Å². The van der Waals surface area contributed by atoms with Crippen molar-refractivity contribution in [2.24, 2.45) is 5.84 Å². The van der Waals surface area contributed by atoms with Crippen LogP contribution in [0.5, 0.6) is 5.75 Å². The number of carbonyl (C=O) groups is 1. The molecule has 0 spiro atoms. The van der Waals surface area contributed by atoms with Crippen LogP contribution in [0, 0.1) is 0 Å². The lowest BCUT2D eigenvalue weighted by Crippen LogP contribution is -2.27. The van der Waals surface area contributed by atoms with Crippen LogP contribution in [0.3, 0.4) is 0 Å². The number of aromatic hydroxyl groups is 1. The van der Waals surface area contributed by atoms with E-state index < -0.39 is 0 Å². The second-order valence-corrected chi connectivity index (χ2v) is 2.43. The molecule has 0 heterocycles. The fraction of sp³-hybridized carbons (Fsp3) is 0. The number of hydrogen-bond acceptors (Lipinski definition) is 3. The van der Waals surface area contributed by atoms with Gasteiger partial charge >= 0.3 is 0 Å². The predicted molar refractivity (Wildman–Crippen MR) is 49.5 cm³/mol. The highest BCUT2D eigenvalue weighted by molar-refractivity contribution is 5.91. The molecule has 0 radical (unpaired) electrons. The highest BCUT2D eigenvalue weighted by Crippen LogP contribution is 2.10. The largest absolute Gasteiger partial charge is 0.508 e. The van der Waals surface area contributed by atoms with E-state index in [0.29, 0.717) is 0 Å². The maximum atomic E-state index is 10.7. The maximum absolute atomic E-state index is 10.7. The number of nitrogens with one attached hydrogen (secondary N) is 1. The number of rotatable bonds is 2. The molecule has 0 aromatic heterocycles. The normalized spacial score (nSPS) is 10.2.